The zero-order valence-corrected chi connectivity index (χ0v) is 15.4. The number of carbonyl (C=O) groups is 1. The molecule has 26 heavy (non-hydrogen) atoms. The number of nitriles is 1. The van der Waals surface area contributed by atoms with Crippen LogP contribution < -0.4 is 4.90 Å². The molecule has 4 fully saturated rings. The van der Waals surface area contributed by atoms with E-state index >= 15 is 0 Å². The Kier molecular flexibility index (Phi) is 3.31. The molecule has 0 saturated carbocycles. The third kappa shape index (κ3) is 1.81. The van der Waals surface area contributed by atoms with Gasteiger partial charge >= 0.3 is 0 Å². The number of nitrogens with zero attached hydrogens (tertiary/aromatic N) is 2. The molecule has 0 radical (unpaired) electrons. The third-order valence-corrected chi connectivity index (χ3v) is 7.10. The van der Waals surface area contributed by atoms with E-state index in [0.717, 1.165) is 0 Å². The molecule has 4 aliphatic heterocycles. The SMILES string of the molecule is C[C@]12O[C@@]3(CCO[C@H]4[C@@H]3[C@@H]1C(=O)N4c1cc(Cl)c(C#N)c(Cl)c1)C[C@H]2O. The van der Waals surface area contributed by atoms with Gasteiger partial charge in [-0.25, -0.2) is 0 Å². The van der Waals surface area contributed by atoms with E-state index in [-0.39, 0.29) is 27.4 Å². The maximum atomic E-state index is 13.3. The van der Waals surface area contributed by atoms with Gasteiger partial charge in [0.15, 0.2) is 0 Å². The van der Waals surface area contributed by atoms with Crippen molar-refractivity contribution < 1.29 is 19.4 Å². The average Bonchev–Trinajstić information content (AvgIpc) is 3.11. The summed E-state index contributed by atoms with van der Waals surface area (Å²) in [6.07, 6.45) is 0.00333. The van der Waals surface area contributed by atoms with Crippen LogP contribution >= 0.6 is 23.2 Å². The first-order valence-corrected chi connectivity index (χ1v) is 9.30. The Morgan fingerprint density at radius 2 is 2.08 bits per heavy atom. The molecule has 2 bridgehead atoms. The number of aliphatic hydroxyl groups excluding tert-OH is 1. The molecule has 0 unspecified atom stereocenters. The highest BCUT2D eigenvalue weighted by Crippen LogP contribution is 2.65. The number of hydrogen-bond donors (Lipinski definition) is 1. The zero-order chi connectivity index (χ0) is 18.4. The number of hydrogen-bond acceptors (Lipinski definition) is 5. The second-order valence-electron chi connectivity index (χ2n) is 7.69. The standard InChI is InChI=1S/C18H16Cl2N2O4/c1-17-12(23)6-18(26-17)2-3-25-16-14(18)13(17)15(24)22(16)8-4-10(19)9(7-21)11(20)5-8/h4-5,12-14,16,23H,2-3,6H2,1H3/t12-,13-,14+,16+,17-,18+/m1/s1. The molecule has 0 aromatic heterocycles. The van der Waals surface area contributed by atoms with E-state index in [9.17, 15) is 9.90 Å². The van der Waals surface area contributed by atoms with E-state index in [4.69, 9.17) is 37.9 Å². The predicted molar refractivity (Wildman–Crippen MR) is 92.8 cm³/mol. The van der Waals surface area contributed by atoms with E-state index in [1.807, 2.05) is 13.0 Å². The quantitative estimate of drug-likeness (QED) is 0.790. The van der Waals surface area contributed by atoms with Crippen LogP contribution in [-0.4, -0.2) is 41.2 Å². The van der Waals surface area contributed by atoms with Crippen LogP contribution in [0.4, 0.5) is 5.69 Å². The van der Waals surface area contributed by atoms with E-state index in [2.05, 4.69) is 0 Å². The molecule has 1 aromatic carbocycles. The first kappa shape index (κ1) is 16.8. The summed E-state index contributed by atoms with van der Waals surface area (Å²) in [5.74, 6) is -0.794. The van der Waals surface area contributed by atoms with Crippen molar-refractivity contribution in [3.8, 4) is 6.07 Å². The molecule has 4 heterocycles. The minimum absolute atomic E-state index is 0.148. The number of halogens is 2. The van der Waals surface area contributed by atoms with Gasteiger partial charge in [0.2, 0.25) is 5.91 Å². The second kappa shape index (κ2) is 5.12. The Labute approximate surface area is 160 Å². The van der Waals surface area contributed by atoms with Crippen molar-refractivity contribution in [2.45, 2.75) is 43.3 Å². The van der Waals surface area contributed by atoms with Gasteiger partial charge in [0.05, 0.1) is 39.8 Å². The maximum Gasteiger partial charge on any atom is 0.235 e. The normalized spacial score (nSPS) is 42.9. The molecule has 1 amide bonds. The highest BCUT2D eigenvalue weighted by Gasteiger charge is 2.77. The Bertz CT molecular complexity index is 863. The van der Waals surface area contributed by atoms with Gasteiger partial charge in [-0.3, -0.25) is 9.69 Å². The van der Waals surface area contributed by atoms with Gasteiger partial charge in [0.1, 0.15) is 17.9 Å². The summed E-state index contributed by atoms with van der Waals surface area (Å²) in [5, 5.41) is 20.1. The Balaban J connectivity index is 1.64. The predicted octanol–water partition coefficient (Wildman–Crippen LogP) is 2.48. The van der Waals surface area contributed by atoms with Gasteiger partial charge in [-0.05, 0) is 19.1 Å². The number of carbonyl (C=O) groups excluding carboxylic acids is 1. The number of ether oxygens (including phenoxy) is 2. The molecule has 5 rings (SSSR count). The first-order valence-electron chi connectivity index (χ1n) is 8.54. The monoisotopic (exact) mass is 394 g/mol. The van der Waals surface area contributed by atoms with Gasteiger partial charge in [-0.1, -0.05) is 23.2 Å². The topological polar surface area (TPSA) is 82.8 Å². The molecular weight excluding hydrogens is 379 g/mol. The molecule has 1 aromatic rings. The highest BCUT2D eigenvalue weighted by atomic mass is 35.5. The second-order valence-corrected chi connectivity index (χ2v) is 8.50. The minimum atomic E-state index is -0.914. The lowest BCUT2D eigenvalue weighted by molar-refractivity contribution is -0.142. The number of rotatable bonds is 1. The third-order valence-electron chi connectivity index (χ3n) is 6.50. The van der Waals surface area contributed by atoms with E-state index in [0.29, 0.717) is 25.1 Å². The smallest absolute Gasteiger partial charge is 0.235 e. The van der Waals surface area contributed by atoms with Crippen molar-refractivity contribution in [2.24, 2.45) is 11.8 Å². The van der Waals surface area contributed by atoms with E-state index in [1.165, 1.54) is 0 Å². The van der Waals surface area contributed by atoms with Crippen LogP contribution in [0.3, 0.4) is 0 Å². The average molecular weight is 395 g/mol. The molecule has 4 aliphatic rings. The summed E-state index contributed by atoms with van der Waals surface area (Å²) in [4.78, 5) is 14.9. The van der Waals surface area contributed by atoms with Crippen LogP contribution in [0.2, 0.25) is 10.0 Å². The molecule has 1 spiro atoms. The number of aliphatic hydroxyl groups is 1. The molecule has 6 nitrogen and oxygen atoms in total. The Morgan fingerprint density at radius 1 is 1.38 bits per heavy atom. The van der Waals surface area contributed by atoms with Gasteiger partial charge in [0.25, 0.3) is 0 Å². The Morgan fingerprint density at radius 3 is 2.73 bits per heavy atom. The van der Waals surface area contributed by atoms with Crippen molar-refractivity contribution in [2.75, 3.05) is 11.5 Å². The summed E-state index contributed by atoms with van der Waals surface area (Å²) < 4.78 is 12.2. The lowest BCUT2D eigenvalue weighted by atomic mass is 9.65. The van der Waals surface area contributed by atoms with Gasteiger partial charge in [0, 0.05) is 24.4 Å². The van der Waals surface area contributed by atoms with E-state index < -0.39 is 29.5 Å². The summed E-state index contributed by atoms with van der Waals surface area (Å²) in [6.45, 7) is 2.25. The maximum absolute atomic E-state index is 13.3. The molecule has 4 saturated heterocycles. The van der Waals surface area contributed by atoms with Crippen LogP contribution in [0, 0.1) is 23.2 Å². The molecule has 136 valence electrons. The molecule has 6 atom stereocenters. The fraction of sp³-hybridized carbons (Fsp3) is 0.556. The fourth-order valence-electron chi connectivity index (χ4n) is 5.40. The molecular formula is C18H16Cl2N2O4. The molecule has 0 aliphatic carbocycles. The highest BCUT2D eigenvalue weighted by molar-refractivity contribution is 6.37. The fourth-order valence-corrected chi connectivity index (χ4v) is 5.96. The number of fused-ring (bicyclic) bond motifs is 2. The summed E-state index contributed by atoms with van der Waals surface area (Å²) in [5.41, 5.74) is -0.775. The van der Waals surface area contributed by atoms with Gasteiger partial charge in [-0.15, -0.1) is 0 Å². The lowest BCUT2D eigenvalue weighted by Gasteiger charge is -2.42. The van der Waals surface area contributed by atoms with Gasteiger partial charge in [-0.2, -0.15) is 5.26 Å². The van der Waals surface area contributed by atoms with Crippen LogP contribution in [0.15, 0.2) is 12.1 Å². The number of benzene rings is 1. The molecule has 1 N–H and O–H groups in total. The van der Waals surface area contributed by atoms with Crippen molar-refractivity contribution >= 4 is 34.8 Å². The van der Waals surface area contributed by atoms with Crippen LogP contribution in [0.25, 0.3) is 0 Å². The largest absolute Gasteiger partial charge is 0.390 e. The number of anilines is 1. The van der Waals surface area contributed by atoms with Gasteiger partial charge < -0.3 is 14.6 Å². The Hall–Kier alpha value is -1.36. The summed E-state index contributed by atoms with van der Waals surface area (Å²) in [7, 11) is 0. The van der Waals surface area contributed by atoms with Crippen LogP contribution in [-0.2, 0) is 14.3 Å². The van der Waals surface area contributed by atoms with Crippen molar-refractivity contribution in [1.29, 1.82) is 5.26 Å². The van der Waals surface area contributed by atoms with Crippen LogP contribution in [0.5, 0.6) is 0 Å². The zero-order valence-electron chi connectivity index (χ0n) is 13.9. The number of amides is 1. The summed E-state index contributed by atoms with van der Waals surface area (Å²) >= 11 is 12.4. The minimum Gasteiger partial charge on any atom is -0.390 e. The van der Waals surface area contributed by atoms with Crippen molar-refractivity contribution in [1.82, 2.24) is 0 Å². The van der Waals surface area contributed by atoms with Crippen molar-refractivity contribution in [3.05, 3.63) is 27.7 Å². The summed E-state index contributed by atoms with van der Waals surface area (Å²) in [6, 6.07) is 5.09. The lowest BCUT2D eigenvalue weighted by Crippen LogP contribution is -2.53. The first-order chi connectivity index (χ1) is 12.3. The van der Waals surface area contributed by atoms with Crippen LogP contribution in [0.1, 0.15) is 25.3 Å². The molecule has 8 heteroatoms. The van der Waals surface area contributed by atoms with E-state index in [1.54, 1.807) is 17.0 Å². The van der Waals surface area contributed by atoms with Crippen molar-refractivity contribution in [3.63, 3.8) is 0 Å².